The van der Waals surface area contributed by atoms with Crippen molar-refractivity contribution in [2.45, 2.75) is 20.3 Å². The molecule has 0 heterocycles. The average molecular weight is 369 g/mol. The van der Waals surface area contributed by atoms with Crippen LogP contribution in [0, 0.1) is 0 Å². The van der Waals surface area contributed by atoms with Crippen molar-refractivity contribution in [3.05, 3.63) is 54.6 Å². The van der Waals surface area contributed by atoms with Crippen LogP contribution in [0.25, 0.3) is 0 Å². The zero-order chi connectivity index (χ0) is 19.5. The van der Waals surface area contributed by atoms with Gasteiger partial charge in [-0.05, 0) is 49.4 Å². The third-order valence-corrected chi connectivity index (χ3v) is 3.93. The molecule has 0 spiro atoms. The van der Waals surface area contributed by atoms with Gasteiger partial charge in [0.25, 0.3) is 0 Å². The highest BCUT2D eigenvalue weighted by molar-refractivity contribution is 5.93. The van der Waals surface area contributed by atoms with Crippen molar-refractivity contribution < 1.29 is 14.3 Å². The second-order valence-corrected chi connectivity index (χ2v) is 6.19. The Balaban J connectivity index is 1.71. The molecule has 2 rings (SSSR count). The fourth-order valence-corrected chi connectivity index (χ4v) is 2.59. The van der Waals surface area contributed by atoms with Gasteiger partial charge in [-0.2, -0.15) is 0 Å². The summed E-state index contributed by atoms with van der Waals surface area (Å²) >= 11 is 0. The van der Waals surface area contributed by atoms with Crippen molar-refractivity contribution >= 4 is 23.2 Å². The van der Waals surface area contributed by atoms with Crippen molar-refractivity contribution in [2.75, 3.05) is 36.9 Å². The van der Waals surface area contributed by atoms with E-state index in [1.54, 1.807) is 24.3 Å². The molecule has 144 valence electrons. The second kappa shape index (κ2) is 11.0. The Labute approximate surface area is 160 Å². The lowest BCUT2D eigenvalue weighted by molar-refractivity contribution is -0.117. The number of rotatable bonds is 10. The van der Waals surface area contributed by atoms with Crippen molar-refractivity contribution in [1.82, 2.24) is 4.90 Å². The number of likely N-dealkylation sites (N-methyl/N-ethyl adjacent to an activating group) is 1. The minimum absolute atomic E-state index is 0.0619. The van der Waals surface area contributed by atoms with Gasteiger partial charge in [0.1, 0.15) is 5.75 Å². The van der Waals surface area contributed by atoms with E-state index in [0.717, 1.165) is 25.3 Å². The summed E-state index contributed by atoms with van der Waals surface area (Å²) in [5.74, 6) is 0.677. The Morgan fingerprint density at radius 1 is 0.963 bits per heavy atom. The molecule has 6 nitrogen and oxygen atoms in total. The summed E-state index contributed by atoms with van der Waals surface area (Å²) in [7, 11) is 0. The van der Waals surface area contributed by atoms with E-state index in [9.17, 15) is 9.59 Å². The summed E-state index contributed by atoms with van der Waals surface area (Å²) in [6, 6.07) is 16.8. The third kappa shape index (κ3) is 7.92. The third-order valence-electron chi connectivity index (χ3n) is 3.93. The first-order valence-electron chi connectivity index (χ1n) is 9.14. The van der Waals surface area contributed by atoms with Crippen molar-refractivity contribution in [2.24, 2.45) is 0 Å². The van der Waals surface area contributed by atoms with Crippen LogP contribution >= 0.6 is 0 Å². The van der Waals surface area contributed by atoms with Gasteiger partial charge in [-0.1, -0.05) is 25.1 Å². The van der Waals surface area contributed by atoms with E-state index >= 15 is 0 Å². The lowest BCUT2D eigenvalue weighted by atomic mass is 10.2. The molecule has 27 heavy (non-hydrogen) atoms. The highest BCUT2D eigenvalue weighted by Gasteiger charge is 2.09. The maximum absolute atomic E-state index is 12.2. The molecule has 0 aliphatic carbocycles. The lowest BCUT2D eigenvalue weighted by Crippen LogP contribution is -2.34. The number of carbonyl (C=O) groups excluding carboxylic acids is 2. The molecule has 0 atom stereocenters. The SMILES string of the molecule is CCN(CCCOc1ccccc1)CC(=O)Nc1ccc(NC(C)=O)cc1. The van der Waals surface area contributed by atoms with E-state index in [-0.39, 0.29) is 11.8 Å². The first-order valence-corrected chi connectivity index (χ1v) is 9.14. The monoisotopic (exact) mass is 369 g/mol. The molecule has 0 fully saturated rings. The fraction of sp³-hybridized carbons (Fsp3) is 0.333. The van der Waals surface area contributed by atoms with Crippen LogP contribution in [0.4, 0.5) is 11.4 Å². The number of nitrogens with zero attached hydrogens (tertiary/aromatic N) is 1. The van der Waals surface area contributed by atoms with Crippen LogP contribution in [-0.4, -0.2) is 43.0 Å². The molecule has 0 saturated carbocycles. The summed E-state index contributed by atoms with van der Waals surface area (Å²) < 4.78 is 5.68. The molecule has 0 aliphatic heterocycles. The van der Waals surface area contributed by atoms with Gasteiger partial charge in [0, 0.05) is 24.8 Å². The van der Waals surface area contributed by atoms with Crippen LogP contribution in [-0.2, 0) is 9.59 Å². The number of hydrogen-bond donors (Lipinski definition) is 2. The normalized spacial score (nSPS) is 10.5. The lowest BCUT2D eigenvalue weighted by Gasteiger charge is -2.20. The Morgan fingerprint density at radius 2 is 1.59 bits per heavy atom. The van der Waals surface area contributed by atoms with Gasteiger partial charge in [-0.3, -0.25) is 14.5 Å². The second-order valence-electron chi connectivity index (χ2n) is 6.19. The first-order chi connectivity index (χ1) is 13.1. The molecule has 6 heteroatoms. The van der Waals surface area contributed by atoms with Crippen LogP contribution < -0.4 is 15.4 Å². The van der Waals surface area contributed by atoms with Gasteiger partial charge >= 0.3 is 0 Å². The van der Waals surface area contributed by atoms with Gasteiger partial charge in [-0.15, -0.1) is 0 Å². The predicted octanol–water partition coefficient (Wildman–Crippen LogP) is 3.37. The number of nitrogens with one attached hydrogen (secondary N) is 2. The first kappa shape index (κ1) is 20.5. The quantitative estimate of drug-likeness (QED) is 0.630. The van der Waals surface area contributed by atoms with Gasteiger partial charge in [0.2, 0.25) is 11.8 Å². The van der Waals surface area contributed by atoms with Gasteiger partial charge in [0.05, 0.1) is 13.2 Å². The number of benzene rings is 2. The number of para-hydroxylation sites is 1. The Kier molecular flexibility index (Phi) is 8.32. The van der Waals surface area contributed by atoms with E-state index in [4.69, 9.17) is 4.74 Å². The van der Waals surface area contributed by atoms with E-state index < -0.39 is 0 Å². The number of anilines is 2. The number of ether oxygens (including phenoxy) is 1. The highest BCUT2D eigenvalue weighted by Crippen LogP contribution is 2.13. The van der Waals surface area contributed by atoms with Crippen molar-refractivity contribution in [3.8, 4) is 5.75 Å². The number of amides is 2. The minimum atomic E-state index is -0.124. The van der Waals surface area contributed by atoms with Crippen LogP contribution in [0.5, 0.6) is 5.75 Å². The van der Waals surface area contributed by atoms with Gasteiger partial charge in [0.15, 0.2) is 0 Å². The molecule has 2 aromatic rings. The number of hydrogen-bond acceptors (Lipinski definition) is 4. The van der Waals surface area contributed by atoms with Crippen LogP contribution in [0.15, 0.2) is 54.6 Å². The minimum Gasteiger partial charge on any atom is -0.494 e. The molecule has 2 aromatic carbocycles. The molecule has 0 saturated heterocycles. The summed E-state index contributed by atoms with van der Waals surface area (Å²) in [5.41, 5.74) is 1.41. The van der Waals surface area contributed by atoms with E-state index in [2.05, 4.69) is 15.5 Å². The summed E-state index contributed by atoms with van der Waals surface area (Å²) in [6.07, 6.45) is 0.849. The maximum atomic E-state index is 12.2. The van der Waals surface area contributed by atoms with Crippen molar-refractivity contribution in [1.29, 1.82) is 0 Å². The Hall–Kier alpha value is -2.86. The molecule has 0 aliphatic rings. The molecule has 0 unspecified atom stereocenters. The largest absolute Gasteiger partial charge is 0.494 e. The topological polar surface area (TPSA) is 70.7 Å². The predicted molar refractivity (Wildman–Crippen MR) is 108 cm³/mol. The molecule has 0 aromatic heterocycles. The molecular formula is C21H27N3O3. The molecule has 0 radical (unpaired) electrons. The Bertz CT molecular complexity index is 717. The summed E-state index contributed by atoms with van der Waals surface area (Å²) in [4.78, 5) is 25.3. The Morgan fingerprint density at radius 3 is 2.19 bits per heavy atom. The molecular weight excluding hydrogens is 342 g/mol. The van der Waals surface area contributed by atoms with E-state index in [1.807, 2.05) is 37.3 Å². The van der Waals surface area contributed by atoms with Crippen LogP contribution in [0.3, 0.4) is 0 Å². The summed E-state index contributed by atoms with van der Waals surface area (Å²) in [6.45, 7) is 6.02. The van der Waals surface area contributed by atoms with Gasteiger partial charge < -0.3 is 15.4 Å². The molecule has 2 N–H and O–H groups in total. The molecule has 2 amide bonds. The van der Waals surface area contributed by atoms with Gasteiger partial charge in [-0.25, -0.2) is 0 Å². The van der Waals surface area contributed by atoms with Crippen LogP contribution in [0.1, 0.15) is 20.3 Å². The van der Waals surface area contributed by atoms with Crippen molar-refractivity contribution in [3.63, 3.8) is 0 Å². The zero-order valence-corrected chi connectivity index (χ0v) is 15.9. The molecule has 0 bridgehead atoms. The highest BCUT2D eigenvalue weighted by atomic mass is 16.5. The maximum Gasteiger partial charge on any atom is 0.238 e. The smallest absolute Gasteiger partial charge is 0.238 e. The van der Waals surface area contributed by atoms with E-state index in [0.29, 0.717) is 24.5 Å². The summed E-state index contributed by atoms with van der Waals surface area (Å²) in [5, 5.41) is 5.57. The fourth-order valence-electron chi connectivity index (χ4n) is 2.59. The van der Waals surface area contributed by atoms with Crippen LogP contribution in [0.2, 0.25) is 0 Å². The standard InChI is InChI=1S/C21H27N3O3/c1-3-24(14-7-15-27-20-8-5-4-6-9-20)16-21(26)23-19-12-10-18(11-13-19)22-17(2)25/h4-6,8-13H,3,7,14-16H2,1-2H3,(H,22,25)(H,23,26). The zero-order valence-electron chi connectivity index (χ0n) is 15.9. The van der Waals surface area contributed by atoms with E-state index in [1.165, 1.54) is 6.92 Å². The number of carbonyl (C=O) groups is 2. The average Bonchev–Trinajstić information content (AvgIpc) is 2.66.